The van der Waals surface area contributed by atoms with Gasteiger partial charge in [0.2, 0.25) is 0 Å². The molecule has 0 aromatic carbocycles. The molecule has 1 rings (SSSR count). The van der Waals surface area contributed by atoms with Crippen LogP contribution >= 0.6 is 7.94 Å². The van der Waals surface area contributed by atoms with Crippen LogP contribution in [0.25, 0.3) is 0 Å². The third-order valence-corrected chi connectivity index (χ3v) is 4.55. The SMILES string of the molecule is CCOC(=O)C1CCN(CCCCC(=O)[P+](O)(O)O)CC1. The molecule has 0 aliphatic carbocycles. The zero-order valence-electron chi connectivity index (χ0n) is 12.4. The van der Waals surface area contributed by atoms with Crippen LogP contribution in [0.3, 0.4) is 0 Å². The first-order valence-corrected chi connectivity index (χ1v) is 8.99. The molecule has 3 N–H and O–H groups in total. The number of esters is 1. The minimum absolute atomic E-state index is 0.00800. The highest BCUT2D eigenvalue weighted by molar-refractivity contribution is 7.76. The van der Waals surface area contributed by atoms with E-state index in [9.17, 15) is 9.59 Å². The Morgan fingerprint density at radius 2 is 1.81 bits per heavy atom. The van der Waals surface area contributed by atoms with E-state index >= 15 is 0 Å². The van der Waals surface area contributed by atoms with Crippen LogP contribution in [0.4, 0.5) is 0 Å². The number of ether oxygens (including phenoxy) is 1. The second kappa shape index (κ2) is 8.76. The summed E-state index contributed by atoms with van der Waals surface area (Å²) >= 11 is 0. The molecule has 7 nitrogen and oxygen atoms in total. The maximum Gasteiger partial charge on any atom is 0.478 e. The molecule has 1 heterocycles. The Hall–Kier alpha value is -0.590. The number of unbranched alkanes of at least 4 members (excludes halogenated alkanes) is 1. The molecule has 0 aromatic heterocycles. The van der Waals surface area contributed by atoms with Crippen molar-refractivity contribution in [1.29, 1.82) is 0 Å². The van der Waals surface area contributed by atoms with Crippen LogP contribution in [-0.4, -0.2) is 57.3 Å². The molecule has 0 saturated carbocycles. The van der Waals surface area contributed by atoms with Gasteiger partial charge in [-0.25, -0.2) is 4.79 Å². The molecule has 1 saturated heterocycles. The summed E-state index contributed by atoms with van der Waals surface area (Å²) in [7, 11) is -4.31. The first-order valence-electron chi connectivity index (χ1n) is 7.34. The predicted molar refractivity (Wildman–Crippen MR) is 78.2 cm³/mol. The molecule has 21 heavy (non-hydrogen) atoms. The van der Waals surface area contributed by atoms with Gasteiger partial charge >= 0.3 is 19.4 Å². The first kappa shape index (κ1) is 18.5. The van der Waals surface area contributed by atoms with Crippen molar-refractivity contribution in [2.75, 3.05) is 26.2 Å². The quantitative estimate of drug-likeness (QED) is 0.343. The normalized spacial score (nSPS) is 17.7. The largest absolute Gasteiger partial charge is 0.478 e. The van der Waals surface area contributed by atoms with Crippen LogP contribution in [0.5, 0.6) is 0 Å². The fourth-order valence-corrected chi connectivity index (χ4v) is 2.87. The average Bonchev–Trinajstić information content (AvgIpc) is 2.43. The van der Waals surface area contributed by atoms with Crippen molar-refractivity contribution in [3.8, 4) is 0 Å². The van der Waals surface area contributed by atoms with Gasteiger partial charge in [0.15, 0.2) is 0 Å². The Kier molecular flexibility index (Phi) is 7.70. The second-order valence-corrected chi connectivity index (χ2v) is 6.92. The summed E-state index contributed by atoms with van der Waals surface area (Å²) in [6.45, 7) is 4.67. The molecule has 0 atom stereocenters. The number of rotatable bonds is 8. The van der Waals surface area contributed by atoms with Gasteiger partial charge in [0.25, 0.3) is 0 Å². The number of piperidine rings is 1. The van der Waals surface area contributed by atoms with Crippen molar-refractivity contribution in [3.05, 3.63) is 0 Å². The zero-order valence-corrected chi connectivity index (χ0v) is 13.3. The van der Waals surface area contributed by atoms with E-state index in [4.69, 9.17) is 19.4 Å². The summed E-state index contributed by atoms with van der Waals surface area (Å²) in [6, 6.07) is 0. The van der Waals surface area contributed by atoms with E-state index in [0.717, 1.165) is 38.9 Å². The lowest BCUT2D eigenvalue weighted by molar-refractivity contribution is -0.149. The van der Waals surface area contributed by atoms with E-state index in [1.165, 1.54) is 0 Å². The van der Waals surface area contributed by atoms with Crippen molar-refractivity contribution in [3.63, 3.8) is 0 Å². The van der Waals surface area contributed by atoms with Gasteiger partial charge in [0.05, 0.1) is 18.9 Å². The zero-order chi connectivity index (χ0) is 15.9. The highest BCUT2D eigenvalue weighted by atomic mass is 31.2. The lowest BCUT2D eigenvalue weighted by Crippen LogP contribution is -2.37. The van der Waals surface area contributed by atoms with Crippen molar-refractivity contribution in [2.24, 2.45) is 5.92 Å². The van der Waals surface area contributed by atoms with E-state index in [-0.39, 0.29) is 18.3 Å². The molecule has 0 unspecified atom stereocenters. The van der Waals surface area contributed by atoms with Crippen LogP contribution in [0.1, 0.15) is 39.0 Å². The Morgan fingerprint density at radius 3 is 2.33 bits per heavy atom. The van der Waals surface area contributed by atoms with Crippen LogP contribution in [0.2, 0.25) is 0 Å². The topological polar surface area (TPSA) is 107 Å². The molecule has 1 fully saturated rings. The van der Waals surface area contributed by atoms with Crippen LogP contribution in [0.15, 0.2) is 0 Å². The van der Waals surface area contributed by atoms with Crippen LogP contribution < -0.4 is 0 Å². The summed E-state index contributed by atoms with van der Waals surface area (Å²) in [5.41, 5.74) is -0.872. The number of hydrogen-bond donors (Lipinski definition) is 3. The van der Waals surface area contributed by atoms with Gasteiger partial charge in [-0.1, -0.05) is 0 Å². The maximum atomic E-state index is 11.6. The number of carbonyl (C=O) groups excluding carboxylic acids is 2. The Morgan fingerprint density at radius 1 is 1.19 bits per heavy atom. The Bertz CT molecular complexity index is 349. The highest BCUT2D eigenvalue weighted by Crippen LogP contribution is 2.46. The smallest absolute Gasteiger partial charge is 0.466 e. The molecular weight excluding hydrogens is 297 g/mol. The van der Waals surface area contributed by atoms with Gasteiger partial charge in [-0.3, -0.25) is 4.79 Å². The van der Waals surface area contributed by atoms with E-state index < -0.39 is 13.5 Å². The third-order valence-electron chi connectivity index (χ3n) is 3.66. The monoisotopic (exact) mass is 322 g/mol. The summed E-state index contributed by atoms with van der Waals surface area (Å²) in [6.07, 6.45) is 2.82. The van der Waals surface area contributed by atoms with E-state index in [0.29, 0.717) is 13.0 Å². The molecule has 0 bridgehead atoms. The summed E-state index contributed by atoms with van der Waals surface area (Å²) in [5.74, 6) is -0.122. The number of nitrogens with zero attached hydrogens (tertiary/aromatic N) is 1. The molecule has 0 radical (unpaired) electrons. The second-order valence-electron chi connectivity index (χ2n) is 5.29. The lowest BCUT2D eigenvalue weighted by atomic mass is 9.97. The number of likely N-dealkylation sites (tertiary alicyclic amines) is 1. The number of hydrogen-bond acceptors (Lipinski definition) is 7. The van der Waals surface area contributed by atoms with Crippen molar-refractivity contribution in [1.82, 2.24) is 4.90 Å². The van der Waals surface area contributed by atoms with Crippen LogP contribution in [-0.2, 0) is 14.3 Å². The molecule has 1 aliphatic heterocycles. The van der Waals surface area contributed by atoms with Gasteiger partial charge < -0.3 is 9.64 Å². The molecule has 0 amide bonds. The predicted octanol–water partition coefficient (Wildman–Crippen LogP) is 0.698. The van der Waals surface area contributed by atoms with Crippen molar-refractivity contribution >= 4 is 19.4 Å². The van der Waals surface area contributed by atoms with Gasteiger partial charge in [-0.2, -0.15) is 14.7 Å². The molecular formula is C13H25NO6P+. The summed E-state index contributed by atoms with van der Waals surface area (Å²) < 4.78 is 5.01. The van der Waals surface area contributed by atoms with Gasteiger partial charge in [0.1, 0.15) is 0 Å². The van der Waals surface area contributed by atoms with Gasteiger partial charge in [0, 0.05) is 0 Å². The fraction of sp³-hybridized carbons (Fsp3) is 0.846. The molecule has 8 heteroatoms. The van der Waals surface area contributed by atoms with Crippen LogP contribution in [0, 0.1) is 5.92 Å². The van der Waals surface area contributed by atoms with E-state index in [2.05, 4.69) is 4.90 Å². The van der Waals surface area contributed by atoms with Crippen molar-refractivity contribution < 1.29 is 29.0 Å². The minimum atomic E-state index is -4.31. The summed E-state index contributed by atoms with van der Waals surface area (Å²) in [5, 5.41) is 0. The lowest BCUT2D eigenvalue weighted by Gasteiger charge is -2.30. The van der Waals surface area contributed by atoms with E-state index in [1.54, 1.807) is 6.92 Å². The molecule has 1 aliphatic rings. The Labute approximate surface area is 125 Å². The third kappa shape index (κ3) is 6.80. The Balaban J connectivity index is 2.14. The molecule has 0 spiro atoms. The average molecular weight is 322 g/mol. The maximum absolute atomic E-state index is 11.6. The molecule has 0 aromatic rings. The summed E-state index contributed by atoms with van der Waals surface area (Å²) in [4.78, 5) is 51.3. The fourth-order valence-electron chi connectivity index (χ4n) is 2.41. The van der Waals surface area contributed by atoms with Gasteiger partial charge in [-0.05, 0) is 52.2 Å². The molecule has 122 valence electrons. The standard InChI is InChI=1S/C13H25NO6P/c1-2-20-13(16)11-6-9-14(10-7-11)8-4-3-5-12(15)21(17,18)19/h11,17-19H,2-10H2,1H3/q+1. The number of carbonyl (C=O) groups is 2. The van der Waals surface area contributed by atoms with Gasteiger partial charge in [-0.15, -0.1) is 0 Å². The minimum Gasteiger partial charge on any atom is -0.466 e. The van der Waals surface area contributed by atoms with E-state index in [1.807, 2.05) is 0 Å². The highest BCUT2D eigenvalue weighted by Gasteiger charge is 2.41. The van der Waals surface area contributed by atoms with Crippen molar-refractivity contribution in [2.45, 2.75) is 39.0 Å². The first-order chi connectivity index (χ1) is 9.84.